The second kappa shape index (κ2) is 11.5. The minimum atomic E-state index is -0.722. The van der Waals surface area contributed by atoms with Crippen molar-refractivity contribution in [1.29, 1.82) is 0 Å². The average Bonchev–Trinajstić information content (AvgIpc) is 3.47. The van der Waals surface area contributed by atoms with Crippen LogP contribution in [0.2, 0.25) is 0 Å². The van der Waals surface area contributed by atoms with Crippen LogP contribution in [0.25, 0.3) is 0 Å². The first-order valence-electron chi connectivity index (χ1n) is 13.4. The third kappa shape index (κ3) is 5.21. The highest BCUT2D eigenvalue weighted by Gasteiger charge is 2.56. The number of aryl methyl sites for hydroxylation is 1. The topological polar surface area (TPSA) is 118 Å². The van der Waals surface area contributed by atoms with Gasteiger partial charge in [0.2, 0.25) is 11.8 Å². The SMILES string of the molecule is CCOc1cc(C2c3sc(=O)[nH]c3SC3C(=O)N(c4ccc(C)cc4)C(=O)C32)ccc1OCC(=O)Nc1ccccc1. The molecule has 6 rings (SSSR count). The lowest BCUT2D eigenvalue weighted by Crippen LogP contribution is -2.32. The van der Waals surface area contributed by atoms with E-state index in [1.165, 1.54) is 16.7 Å². The molecule has 3 atom stereocenters. The first-order valence-corrected chi connectivity index (χ1v) is 15.1. The van der Waals surface area contributed by atoms with Crippen molar-refractivity contribution in [2.45, 2.75) is 30.0 Å². The van der Waals surface area contributed by atoms with E-state index in [1.807, 2.05) is 44.2 Å². The Balaban J connectivity index is 1.32. The van der Waals surface area contributed by atoms with Crippen LogP contribution in [0, 0.1) is 12.8 Å². The highest BCUT2D eigenvalue weighted by molar-refractivity contribution is 8.00. The lowest BCUT2D eigenvalue weighted by atomic mass is 9.83. The van der Waals surface area contributed by atoms with Gasteiger partial charge < -0.3 is 19.8 Å². The number of aromatic nitrogens is 1. The van der Waals surface area contributed by atoms with Crippen molar-refractivity contribution < 1.29 is 23.9 Å². The molecule has 3 heterocycles. The number of rotatable bonds is 8. The van der Waals surface area contributed by atoms with Gasteiger partial charge in [-0.25, -0.2) is 4.90 Å². The van der Waals surface area contributed by atoms with Crippen LogP contribution in [-0.2, 0) is 14.4 Å². The number of carbonyl (C=O) groups is 3. The van der Waals surface area contributed by atoms with Crippen molar-refractivity contribution in [1.82, 2.24) is 4.98 Å². The fourth-order valence-electron chi connectivity index (χ4n) is 5.29. The van der Waals surface area contributed by atoms with Gasteiger partial charge in [-0.15, -0.1) is 0 Å². The predicted molar refractivity (Wildman–Crippen MR) is 162 cm³/mol. The van der Waals surface area contributed by atoms with E-state index < -0.39 is 17.1 Å². The van der Waals surface area contributed by atoms with Crippen LogP contribution >= 0.6 is 23.1 Å². The largest absolute Gasteiger partial charge is 0.490 e. The number of hydrogen-bond donors (Lipinski definition) is 2. The summed E-state index contributed by atoms with van der Waals surface area (Å²) >= 11 is 2.28. The summed E-state index contributed by atoms with van der Waals surface area (Å²) in [4.78, 5) is 57.1. The fourth-order valence-corrected chi connectivity index (χ4v) is 7.81. The lowest BCUT2D eigenvalue weighted by molar-refractivity contribution is -0.122. The highest BCUT2D eigenvalue weighted by Crippen LogP contribution is 2.53. The van der Waals surface area contributed by atoms with Crippen molar-refractivity contribution in [2.24, 2.45) is 5.92 Å². The molecular formula is C31H27N3O6S2. The van der Waals surface area contributed by atoms with Gasteiger partial charge in [-0.05, 0) is 55.8 Å². The summed E-state index contributed by atoms with van der Waals surface area (Å²) in [6, 6.07) is 21.6. The van der Waals surface area contributed by atoms with Crippen LogP contribution in [0.4, 0.5) is 11.4 Å². The zero-order valence-electron chi connectivity index (χ0n) is 22.8. The number of aromatic amines is 1. The number of imide groups is 1. The molecule has 3 unspecified atom stereocenters. The Morgan fingerprint density at radius 3 is 2.45 bits per heavy atom. The van der Waals surface area contributed by atoms with Crippen LogP contribution in [0.1, 0.15) is 28.8 Å². The molecular weight excluding hydrogens is 574 g/mol. The van der Waals surface area contributed by atoms with Gasteiger partial charge in [0, 0.05) is 16.5 Å². The van der Waals surface area contributed by atoms with Gasteiger partial charge in [-0.2, -0.15) is 0 Å². The molecule has 11 heteroatoms. The Kier molecular flexibility index (Phi) is 7.61. The lowest BCUT2D eigenvalue weighted by Gasteiger charge is -2.30. The number of nitrogens with zero attached hydrogens (tertiary/aromatic N) is 1. The molecule has 2 aliphatic rings. The monoisotopic (exact) mass is 601 g/mol. The smallest absolute Gasteiger partial charge is 0.305 e. The third-order valence-corrected chi connectivity index (χ3v) is 9.56. The van der Waals surface area contributed by atoms with Crippen molar-refractivity contribution in [3.05, 3.63) is 98.5 Å². The molecule has 3 amide bonds. The van der Waals surface area contributed by atoms with Gasteiger partial charge in [0.05, 0.1) is 23.2 Å². The minimum absolute atomic E-state index is 0.235. The third-order valence-electron chi connectivity index (χ3n) is 7.16. The highest BCUT2D eigenvalue weighted by atomic mass is 32.2. The molecule has 0 aliphatic carbocycles. The molecule has 2 aliphatic heterocycles. The number of thiazole rings is 1. The summed E-state index contributed by atoms with van der Waals surface area (Å²) in [6.07, 6.45) is 0. The molecule has 0 saturated carbocycles. The molecule has 1 aromatic heterocycles. The second-order valence-electron chi connectivity index (χ2n) is 9.94. The van der Waals surface area contributed by atoms with Gasteiger partial charge in [0.1, 0.15) is 5.25 Å². The van der Waals surface area contributed by atoms with E-state index in [-0.39, 0.29) is 29.2 Å². The van der Waals surface area contributed by atoms with Gasteiger partial charge in [-0.1, -0.05) is 65.1 Å². The number of fused-ring (bicyclic) bond motifs is 2. The predicted octanol–water partition coefficient (Wildman–Crippen LogP) is 4.96. The molecule has 3 aromatic carbocycles. The van der Waals surface area contributed by atoms with E-state index in [1.54, 1.807) is 42.5 Å². The number of H-pyrrole nitrogens is 1. The van der Waals surface area contributed by atoms with Gasteiger partial charge >= 0.3 is 4.87 Å². The summed E-state index contributed by atoms with van der Waals surface area (Å²) in [5.74, 6) is -1.47. The molecule has 9 nitrogen and oxygen atoms in total. The van der Waals surface area contributed by atoms with E-state index >= 15 is 0 Å². The number of anilines is 2. The molecule has 0 spiro atoms. The maximum atomic E-state index is 13.9. The first kappa shape index (κ1) is 27.8. The molecule has 1 saturated heterocycles. The summed E-state index contributed by atoms with van der Waals surface area (Å²) < 4.78 is 11.7. The van der Waals surface area contributed by atoms with Crippen molar-refractivity contribution >= 4 is 52.2 Å². The normalized spacial score (nSPS) is 19.3. The van der Waals surface area contributed by atoms with Crippen molar-refractivity contribution in [2.75, 3.05) is 23.4 Å². The molecule has 2 N–H and O–H groups in total. The van der Waals surface area contributed by atoms with E-state index in [0.717, 1.165) is 16.9 Å². The Morgan fingerprint density at radius 1 is 0.952 bits per heavy atom. The van der Waals surface area contributed by atoms with E-state index in [2.05, 4.69) is 10.3 Å². The number of para-hydroxylation sites is 1. The van der Waals surface area contributed by atoms with Crippen molar-refractivity contribution in [3.8, 4) is 11.5 Å². The molecule has 0 bridgehead atoms. The van der Waals surface area contributed by atoms with Crippen LogP contribution in [0.5, 0.6) is 11.5 Å². The maximum Gasteiger partial charge on any atom is 0.305 e. The quantitative estimate of drug-likeness (QED) is 0.274. The number of benzene rings is 3. The number of carbonyl (C=O) groups excluding carboxylic acids is 3. The first-order chi connectivity index (χ1) is 20.3. The van der Waals surface area contributed by atoms with Crippen LogP contribution in [0.15, 0.2) is 82.6 Å². The zero-order chi connectivity index (χ0) is 29.4. The van der Waals surface area contributed by atoms with Crippen molar-refractivity contribution in [3.63, 3.8) is 0 Å². The zero-order valence-corrected chi connectivity index (χ0v) is 24.4. The number of hydrogen-bond acceptors (Lipinski definition) is 8. The molecule has 1 fully saturated rings. The average molecular weight is 602 g/mol. The maximum absolute atomic E-state index is 13.9. The second-order valence-corrected chi connectivity index (χ2v) is 12.1. The Hall–Kier alpha value is -4.35. The summed E-state index contributed by atoms with van der Waals surface area (Å²) in [5, 5.41) is 2.68. The van der Waals surface area contributed by atoms with Gasteiger partial charge in [0.15, 0.2) is 18.1 Å². The number of thioether (sulfide) groups is 1. The number of ether oxygens (including phenoxy) is 2. The van der Waals surface area contributed by atoms with Crippen LogP contribution in [-0.4, -0.2) is 41.2 Å². The number of amides is 3. The van der Waals surface area contributed by atoms with E-state index in [9.17, 15) is 19.2 Å². The standard InChI is InChI=1S/C31H27N3O6S2/c1-3-39-22-15-18(11-14-21(22)40-16-23(35)32-19-7-5-4-6-8-19)24-25-27(41-28-26(24)42-31(38)33-28)30(37)34(29(25)36)20-12-9-17(2)10-13-20/h4-15,24-25,27H,3,16H2,1-2H3,(H,32,35)(H,33,38). The van der Waals surface area contributed by atoms with Gasteiger partial charge in [-0.3, -0.25) is 19.2 Å². The molecule has 4 aromatic rings. The van der Waals surface area contributed by atoms with E-state index in [4.69, 9.17) is 9.47 Å². The van der Waals surface area contributed by atoms with Crippen LogP contribution in [0.3, 0.4) is 0 Å². The Bertz CT molecular complexity index is 1720. The van der Waals surface area contributed by atoms with Gasteiger partial charge in [0.25, 0.3) is 5.91 Å². The summed E-state index contributed by atoms with van der Waals surface area (Å²) in [5.41, 5.74) is 2.91. The Labute approximate surface area is 249 Å². The van der Waals surface area contributed by atoms with E-state index in [0.29, 0.717) is 44.9 Å². The molecule has 0 radical (unpaired) electrons. The number of nitrogens with one attached hydrogen (secondary N) is 2. The Morgan fingerprint density at radius 2 is 1.71 bits per heavy atom. The van der Waals surface area contributed by atoms with Crippen LogP contribution < -0.4 is 24.6 Å². The molecule has 42 heavy (non-hydrogen) atoms. The summed E-state index contributed by atoms with van der Waals surface area (Å²) in [6.45, 7) is 3.88. The summed E-state index contributed by atoms with van der Waals surface area (Å²) in [7, 11) is 0. The molecule has 214 valence electrons. The minimum Gasteiger partial charge on any atom is -0.490 e. The fraction of sp³-hybridized carbons (Fsp3) is 0.226.